The molecule has 1 heterocycles. The maximum absolute atomic E-state index is 12.2. The summed E-state index contributed by atoms with van der Waals surface area (Å²) in [6.07, 6.45) is 1.45. The summed E-state index contributed by atoms with van der Waals surface area (Å²) >= 11 is 0. The van der Waals surface area contributed by atoms with Gasteiger partial charge in [-0.15, -0.1) is 0 Å². The Hall–Kier alpha value is -0.850. The molecular weight excluding hydrogens is 296 g/mol. The lowest BCUT2D eigenvalue weighted by atomic mass is 9.84. The van der Waals surface area contributed by atoms with Crippen molar-refractivity contribution in [3.05, 3.63) is 0 Å². The zero-order valence-corrected chi connectivity index (χ0v) is 15.1. The molecule has 134 valence electrons. The molecule has 1 saturated carbocycles. The first-order valence-corrected chi connectivity index (χ1v) is 8.60. The van der Waals surface area contributed by atoms with Gasteiger partial charge in [0, 0.05) is 24.2 Å². The molecule has 0 aromatic carbocycles. The minimum atomic E-state index is -0.508. The van der Waals surface area contributed by atoms with Crippen molar-refractivity contribution in [2.45, 2.75) is 83.2 Å². The topological polar surface area (TPSA) is 71.0 Å². The van der Waals surface area contributed by atoms with Crippen molar-refractivity contribution < 1.29 is 19.4 Å². The van der Waals surface area contributed by atoms with Gasteiger partial charge in [0.15, 0.2) is 0 Å². The lowest BCUT2D eigenvalue weighted by Gasteiger charge is -2.51. The van der Waals surface area contributed by atoms with Crippen molar-refractivity contribution in [1.29, 1.82) is 0 Å². The van der Waals surface area contributed by atoms with Gasteiger partial charge in [-0.25, -0.2) is 4.79 Å². The number of amides is 1. The molecule has 1 saturated heterocycles. The van der Waals surface area contributed by atoms with Gasteiger partial charge in [-0.3, -0.25) is 4.90 Å². The van der Waals surface area contributed by atoms with Crippen LogP contribution in [0.4, 0.5) is 4.79 Å². The summed E-state index contributed by atoms with van der Waals surface area (Å²) in [6.45, 7) is 12.1. The lowest BCUT2D eigenvalue weighted by molar-refractivity contribution is -0.0942. The van der Waals surface area contributed by atoms with Crippen molar-refractivity contribution in [2.24, 2.45) is 0 Å². The van der Waals surface area contributed by atoms with Crippen LogP contribution in [0.25, 0.3) is 0 Å². The number of rotatable bonds is 2. The maximum atomic E-state index is 12.2. The van der Waals surface area contributed by atoms with Crippen LogP contribution in [0.3, 0.4) is 0 Å². The predicted octanol–water partition coefficient (Wildman–Crippen LogP) is 1.90. The largest absolute Gasteiger partial charge is 0.444 e. The number of morpholine rings is 1. The Morgan fingerprint density at radius 1 is 1.35 bits per heavy atom. The first-order valence-electron chi connectivity index (χ1n) is 8.60. The zero-order valence-electron chi connectivity index (χ0n) is 15.1. The Balaban J connectivity index is 2.08. The SMILES string of the molecule is CC(C)(C)OC(=O)NC1CCC(O)CC1N1CCOCC1(C)C. The Kier molecular flexibility index (Phi) is 5.59. The van der Waals surface area contributed by atoms with Crippen molar-refractivity contribution in [3.8, 4) is 0 Å². The van der Waals surface area contributed by atoms with Gasteiger partial charge >= 0.3 is 6.09 Å². The first kappa shape index (κ1) is 18.5. The molecule has 0 spiro atoms. The number of alkyl carbamates (subject to hydrolysis) is 1. The van der Waals surface area contributed by atoms with Crippen LogP contribution in [0.15, 0.2) is 0 Å². The normalized spacial score (nSPS) is 32.3. The molecule has 2 fully saturated rings. The number of aliphatic hydroxyl groups excluding tert-OH is 1. The average molecular weight is 328 g/mol. The molecule has 1 aliphatic heterocycles. The molecule has 0 radical (unpaired) electrons. The number of nitrogens with one attached hydrogen (secondary N) is 1. The maximum Gasteiger partial charge on any atom is 0.407 e. The average Bonchev–Trinajstić information content (AvgIpc) is 2.38. The van der Waals surface area contributed by atoms with E-state index in [1.165, 1.54) is 0 Å². The second-order valence-electron chi connectivity index (χ2n) is 8.35. The Morgan fingerprint density at radius 3 is 2.65 bits per heavy atom. The molecule has 2 aliphatic rings. The van der Waals surface area contributed by atoms with Crippen LogP contribution in [0.2, 0.25) is 0 Å². The van der Waals surface area contributed by atoms with E-state index in [1.807, 2.05) is 20.8 Å². The third-order valence-corrected chi connectivity index (χ3v) is 4.60. The van der Waals surface area contributed by atoms with Gasteiger partial charge in [0.1, 0.15) is 5.60 Å². The van der Waals surface area contributed by atoms with Crippen molar-refractivity contribution >= 4 is 6.09 Å². The fourth-order valence-corrected chi connectivity index (χ4v) is 3.58. The monoisotopic (exact) mass is 328 g/mol. The highest BCUT2D eigenvalue weighted by molar-refractivity contribution is 5.68. The molecule has 23 heavy (non-hydrogen) atoms. The van der Waals surface area contributed by atoms with E-state index in [0.29, 0.717) is 26.1 Å². The van der Waals surface area contributed by atoms with Crippen LogP contribution in [0.5, 0.6) is 0 Å². The van der Waals surface area contributed by atoms with E-state index < -0.39 is 5.60 Å². The fourth-order valence-electron chi connectivity index (χ4n) is 3.58. The minimum Gasteiger partial charge on any atom is -0.444 e. The highest BCUT2D eigenvalue weighted by Crippen LogP contribution is 2.31. The molecule has 3 unspecified atom stereocenters. The van der Waals surface area contributed by atoms with Crippen molar-refractivity contribution in [3.63, 3.8) is 0 Å². The summed E-state index contributed by atoms with van der Waals surface area (Å²) in [7, 11) is 0. The molecule has 1 amide bonds. The number of hydrogen-bond donors (Lipinski definition) is 2. The predicted molar refractivity (Wildman–Crippen MR) is 88.4 cm³/mol. The van der Waals surface area contributed by atoms with Gasteiger partial charge in [-0.05, 0) is 53.9 Å². The molecule has 0 aromatic heterocycles. The molecule has 2 N–H and O–H groups in total. The van der Waals surface area contributed by atoms with Crippen LogP contribution in [-0.4, -0.2) is 65.2 Å². The van der Waals surface area contributed by atoms with Gasteiger partial charge in [-0.2, -0.15) is 0 Å². The summed E-state index contributed by atoms with van der Waals surface area (Å²) in [5, 5.41) is 13.1. The van der Waals surface area contributed by atoms with Crippen LogP contribution < -0.4 is 5.32 Å². The molecule has 1 aliphatic carbocycles. The van der Waals surface area contributed by atoms with E-state index in [-0.39, 0.29) is 29.8 Å². The zero-order chi connectivity index (χ0) is 17.3. The highest BCUT2D eigenvalue weighted by Gasteiger charge is 2.42. The van der Waals surface area contributed by atoms with Crippen LogP contribution in [-0.2, 0) is 9.47 Å². The number of ether oxygens (including phenoxy) is 2. The van der Waals surface area contributed by atoms with Gasteiger partial charge in [0.25, 0.3) is 0 Å². The second-order valence-corrected chi connectivity index (χ2v) is 8.35. The van der Waals surface area contributed by atoms with Crippen LogP contribution in [0.1, 0.15) is 53.9 Å². The van der Waals surface area contributed by atoms with Crippen molar-refractivity contribution in [1.82, 2.24) is 10.2 Å². The van der Waals surface area contributed by atoms with E-state index >= 15 is 0 Å². The van der Waals surface area contributed by atoms with E-state index in [4.69, 9.17) is 9.47 Å². The second kappa shape index (κ2) is 6.95. The quantitative estimate of drug-likeness (QED) is 0.810. The number of carbonyl (C=O) groups excluding carboxylic acids is 1. The van der Waals surface area contributed by atoms with Gasteiger partial charge in [0.05, 0.1) is 19.3 Å². The van der Waals surface area contributed by atoms with E-state index in [9.17, 15) is 9.90 Å². The third kappa shape index (κ3) is 5.06. The number of carbonyl (C=O) groups is 1. The smallest absolute Gasteiger partial charge is 0.407 e. The molecule has 0 bridgehead atoms. The van der Waals surface area contributed by atoms with Gasteiger partial charge in [0.2, 0.25) is 0 Å². The van der Waals surface area contributed by atoms with E-state index in [2.05, 4.69) is 24.1 Å². The summed E-state index contributed by atoms with van der Waals surface area (Å²) < 4.78 is 11.0. The molecule has 3 atom stereocenters. The summed E-state index contributed by atoms with van der Waals surface area (Å²) in [6, 6.07) is 0.0933. The molecule has 0 aromatic rings. The van der Waals surface area contributed by atoms with Crippen LogP contribution >= 0.6 is 0 Å². The van der Waals surface area contributed by atoms with E-state index in [1.54, 1.807) is 0 Å². The van der Waals surface area contributed by atoms with Gasteiger partial charge < -0.3 is 19.9 Å². The minimum absolute atomic E-state index is 0.00868. The van der Waals surface area contributed by atoms with E-state index in [0.717, 1.165) is 13.0 Å². The Labute approximate surface area is 139 Å². The first-order chi connectivity index (χ1) is 10.6. The summed E-state index contributed by atoms with van der Waals surface area (Å²) in [4.78, 5) is 14.5. The van der Waals surface area contributed by atoms with Crippen molar-refractivity contribution in [2.75, 3.05) is 19.8 Å². The molecule has 6 heteroatoms. The summed E-state index contributed by atoms with van der Waals surface area (Å²) in [5.41, 5.74) is -0.611. The van der Waals surface area contributed by atoms with Crippen LogP contribution in [0, 0.1) is 0 Å². The number of aliphatic hydroxyl groups is 1. The molecule has 6 nitrogen and oxygen atoms in total. The Morgan fingerprint density at radius 2 is 2.04 bits per heavy atom. The standard InChI is InChI=1S/C17H32N2O4/c1-16(2,3)23-15(21)18-13-7-6-12(20)10-14(13)19-8-9-22-11-17(19,4)5/h12-14,20H,6-11H2,1-5H3,(H,18,21). The van der Waals surface area contributed by atoms with Gasteiger partial charge in [-0.1, -0.05) is 0 Å². The molecular formula is C17H32N2O4. The summed E-state index contributed by atoms with van der Waals surface area (Å²) in [5.74, 6) is 0. The fraction of sp³-hybridized carbons (Fsp3) is 0.941. The third-order valence-electron chi connectivity index (χ3n) is 4.60. The number of nitrogens with zero attached hydrogens (tertiary/aromatic N) is 1. The lowest BCUT2D eigenvalue weighted by Crippen LogP contribution is -2.64. The highest BCUT2D eigenvalue weighted by atomic mass is 16.6. The Bertz CT molecular complexity index is 419. The number of hydrogen-bond acceptors (Lipinski definition) is 5. The molecule has 2 rings (SSSR count).